The average Bonchev–Trinajstić information content (AvgIpc) is 2.12. The van der Waals surface area contributed by atoms with Crippen molar-refractivity contribution < 1.29 is 8.42 Å². The standard InChI is InChI=1S/C12H27NO2S/c1-10(2)13-9-12(5,6)7-8-16(14,15)11(3)4/h10-11,13H,7-9H2,1-6H3. The largest absolute Gasteiger partial charge is 0.314 e. The van der Waals surface area contributed by atoms with Crippen LogP contribution in [0.2, 0.25) is 0 Å². The van der Waals surface area contributed by atoms with Gasteiger partial charge in [0.25, 0.3) is 0 Å². The molecule has 0 atom stereocenters. The number of nitrogens with one attached hydrogen (secondary N) is 1. The molecule has 0 aromatic rings. The molecule has 4 heteroatoms. The zero-order chi connectivity index (χ0) is 13.0. The monoisotopic (exact) mass is 249 g/mol. The predicted octanol–water partition coefficient (Wildman–Crippen LogP) is 2.22. The Bertz CT molecular complexity index is 292. The molecule has 0 unspecified atom stereocenters. The molecule has 0 bridgehead atoms. The summed E-state index contributed by atoms with van der Waals surface area (Å²) in [4.78, 5) is 0. The maximum atomic E-state index is 11.7. The molecule has 98 valence electrons. The van der Waals surface area contributed by atoms with Crippen molar-refractivity contribution in [1.82, 2.24) is 5.32 Å². The molecule has 0 fully saturated rings. The second kappa shape index (κ2) is 6.01. The lowest BCUT2D eigenvalue weighted by atomic mass is 9.90. The molecule has 0 aromatic heterocycles. The van der Waals surface area contributed by atoms with E-state index in [4.69, 9.17) is 0 Å². The van der Waals surface area contributed by atoms with Gasteiger partial charge in [-0.2, -0.15) is 0 Å². The molecule has 0 heterocycles. The first-order chi connectivity index (χ1) is 7.07. The van der Waals surface area contributed by atoms with Crippen molar-refractivity contribution in [2.75, 3.05) is 12.3 Å². The van der Waals surface area contributed by atoms with E-state index in [2.05, 4.69) is 33.0 Å². The molecule has 0 aromatic carbocycles. The molecule has 1 N–H and O–H groups in total. The summed E-state index contributed by atoms with van der Waals surface area (Å²) in [6, 6.07) is 0.445. The third kappa shape index (κ3) is 6.48. The number of sulfone groups is 1. The van der Waals surface area contributed by atoms with Gasteiger partial charge in [0.2, 0.25) is 0 Å². The molecule has 16 heavy (non-hydrogen) atoms. The minimum absolute atomic E-state index is 0.0340. The summed E-state index contributed by atoms with van der Waals surface area (Å²) in [7, 11) is -2.90. The minimum atomic E-state index is -2.90. The van der Waals surface area contributed by atoms with Gasteiger partial charge in [0.15, 0.2) is 9.84 Å². The third-order valence-corrected chi connectivity index (χ3v) is 4.98. The Labute approximate surface area is 101 Å². The highest BCUT2D eigenvalue weighted by atomic mass is 32.2. The Morgan fingerprint density at radius 3 is 2.00 bits per heavy atom. The summed E-state index contributed by atoms with van der Waals surface area (Å²) >= 11 is 0. The van der Waals surface area contributed by atoms with E-state index in [1.807, 2.05) is 0 Å². The molecule has 3 nitrogen and oxygen atoms in total. The quantitative estimate of drug-likeness (QED) is 0.752. The lowest BCUT2D eigenvalue weighted by Crippen LogP contribution is -2.35. The van der Waals surface area contributed by atoms with E-state index < -0.39 is 9.84 Å². The van der Waals surface area contributed by atoms with Crippen LogP contribution in [0.3, 0.4) is 0 Å². The molecule has 0 rings (SSSR count). The Hall–Kier alpha value is -0.0900. The van der Waals surface area contributed by atoms with Crippen LogP contribution in [0, 0.1) is 5.41 Å². The van der Waals surface area contributed by atoms with Gasteiger partial charge in [-0.3, -0.25) is 0 Å². The van der Waals surface area contributed by atoms with Gasteiger partial charge in [0.05, 0.1) is 11.0 Å². The van der Waals surface area contributed by atoms with Crippen molar-refractivity contribution in [2.24, 2.45) is 5.41 Å². The van der Waals surface area contributed by atoms with Crippen LogP contribution in [0.25, 0.3) is 0 Å². The lowest BCUT2D eigenvalue weighted by molar-refractivity contribution is 0.317. The Balaban J connectivity index is 4.18. The van der Waals surface area contributed by atoms with Crippen LogP contribution < -0.4 is 5.32 Å². The van der Waals surface area contributed by atoms with Gasteiger partial charge in [-0.05, 0) is 25.7 Å². The summed E-state index contributed by atoms with van der Waals surface area (Å²) in [5, 5.41) is 3.09. The first kappa shape index (κ1) is 15.9. The highest BCUT2D eigenvalue weighted by molar-refractivity contribution is 7.91. The van der Waals surface area contributed by atoms with E-state index >= 15 is 0 Å². The summed E-state index contributed by atoms with van der Waals surface area (Å²) < 4.78 is 23.4. The summed E-state index contributed by atoms with van der Waals surface area (Å²) in [6.45, 7) is 12.8. The van der Waals surface area contributed by atoms with E-state index in [9.17, 15) is 8.42 Å². The van der Waals surface area contributed by atoms with Crippen molar-refractivity contribution >= 4 is 9.84 Å². The molecule has 0 aliphatic heterocycles. The van der Waals surface area contributed by atoms with Crippen molar-refractivity contribution in [1.29, 1.82) is 0 Å². The predicted molar refractivity (Wildman–Crippen MR) is 70.5 cm³/mol. The Morgan fingerprint density at radius 1 is 1.12 bits per heavy atom. The summed E-state index contributed by atoms with van der Waals surface area (Å²) in [5.74, 6) is 0.289. The molecule has 0 aliphatic rings. The van der Waals surface area contributed by atoms with Gasteiger partial charge in [-0.15, -0.1) is 0 Å². The average molecular weight is 249 g/mol. The van der Waals surface area contributed by atoms with Gasteiger partial charge >= 0.3 is 0 Å². The van der Waals surface area contributed by atoms with Gasteiger partial charge in [-0.25, -0.2) is 8.42 Å². The van der Waals surface area contributed by atoms with Crippen LogP contribution in [0.4, 0.5) is 0 Å². The lowest BCUT2D eigenvalue weighted by Gasteiger charge is -2.26. The highest BCUT2D eigenvalue weighted by Crippen LogP contribution is 2.21. The molecular weight excluding hydrogens is 222 g/mol. The second-order valence-corrected chi connectivity index (χ2v) is 8.54. The minimum Gasteiger partial charge on any atom is -0.314 e. The molecule has 0 saturated heterocycles. The highest BCUT2D eigenvalue weighted by Gasteiger charge is 2.23. The van der Waals surface area contributed by atoms with Gasteiger partial charge in [0.1, 0.15) is 0 Å². The molecule has 0 aliphatic carbocycles. The van der Waals surface area contributed by atoms with Crippen molar-refractivity contribution in [3.8, 4) is 0 Å². The normalized spacial score (nSPS) is 13.8. The Morgan fingerprint density at radius 2 is 1.62 bits per heavy atom. The van der Waals surface area contributed by atoms with Crippen LogP contribution in [-0.2, 0) is 9.84 Å². The van der Waals surface area contributed by atoms with Crippen LogP contribution >= 0.6 is 0 Å². The van der Waals surface area contributed by atoms with E-state index in [0.717, 1.165) is 6.54 Å². The van der Waals surface area contributed by atoms with Crippen molar-refractivity contribution in [3.05, 3.63) is 0 Å². The number of hydrogen-bond acceptors (Lipinski definition) is 3. The first-order valence-electron chi connectivity index (χ1n) is 6.02. The fourth-order valence-electron chi connectivity index (χ4n) is 1.22. The van der Waals surface area contributed by atoms with Crippen LogP contribution in [0.5, 0.6) is 0 Å². The fraction of sp³-hybridized carbons (Fsp3) is 1.00. The topological polar surface area (TPSA) is 46.2 Å². The van der Waals surface area contributed by atoms with E-state index in [1.165, 1.54) is 0 Å². The maximum absolute atomic E-state index is 11.7. The molecule has 0 amide bonds. The van der Waals surface area contributed by atoms with Crippen molar-refractivity contribution in [2.45, 2.75) is 59.3 Å². The molecule has 0 spiro atoms. The summed E-state index contributed by atoms with van der Waals surface area (Å²) in [6.07, 6.45) is 0.716. The number of hydrogen-bond donors (Lipinski definition) is 1. The van der Waals surface area contributed by atoms with Crippen molar-refractivity contribution in [3.63, 3.8) is 0 Å². The van der Waals surface area contributed by atoms with E-state index in [0.29, 0.717) is 12.5 Å². The number of rotatable bonds is 7. The molecule has 0 saturated carbocycles. The van der Waals surface area contributed by atoms with Crippen LogP contribution in [0.15, 0.2) is 0 Å². The van der Waals surface area contributed by atoms with Crippen LogP contribution in [-0.4, -0.2) is 32.0 Å². The first-order valence-corrected chi connectivity index (χ1v) is 7.73. The Kier molecular flexibility index (Phi) is 5.98. The molecule has 0 radical (unpaired) electrons. The second-order valence-electron chi connectivity index (χ2n) is 5.87. The fourth-order valence-corrected chi connectivity index (χ4v) is 2.53. The zero-order valence-electron chi connectivity index (χ0n) is 11.5. The smallest absolute Gasteiger partial charge is 0.152 e. The van der Waals surface area contributed by atoms with Gasteiger partial charge in [0, 0.05) is 12.6 Å². The maximum Gasteiger partial charge on any atom is 0.152 e. The molecular formula is C12H27NO2S. The van der Waals surface area contributed by atoms with E-state index in [1.54, 1.807) is 13.8 Å². The SMILES string of the molecule is CC(C)NCC(C)(C)CCS(=O)(=O)C(C)C. The van der Waals surface area contributed by atoms with Gasteiger partial charge < -0.3 is 5.32 Å². The third-order valence-electron chi connectivity index (χ3n) is 2.77. The summed E-state index contributed by atoms with van der Waals surface area (Å²) in [5.41, 5.74) is 0.0340. The van der Waals surface area contributed by atoms with Gasteiger partial charge in [-0.1, -0.05) is 27.7 Å². The zero-order valence-corrected chi connectivity index (χ0v) is 12.3. The van der Waals surface area contributed by atoms with Crippen LogP contribution in [0.1, 0.15) is 48.0 Å². The van der Waals surface area contributed by atoms with E-state index in [-0.39, 0.29) is 16.4 Å².